The van der Waals surface area contributed by atoms with Crippen LogP contribution in [0.3, 0.4) is 0 Å². The van der Waals surface area contributed by atoms with E-state index in [4.69, 9.17) is 46.4 Å². The normalized spacial score (nSPS) is 13.3. The number of rotatable bonds is 4. The molecular formula is C16H10Cl4N2O3S. The summed E-state index contributed by atoms with van der Waals surface area (Å²) in [5.41, 5.74) is 0.687. The first-order chi connectivity index (χ1) is 12.2. The van der Waals surface area contributed by atoms with Gasteiger partial charge in [0.1, 0.15) is 6.54 Å². The van der Waals surface area contributed by atoms with Crippen molar-refractivity contribution in [3.8, 4) is 0 Å². The van der Waals surface area contributed by atoms with E-state index in [2.05, 4.69) is 0 Å². The molecule has 0 unspecified atom stereocenters. The van der Waals surface area contributed by atoms with Crippen LogP contribution in [0.1, 0.15) is 26.3 Å². The zero-order chi connectivity index (χ0) is 19.2. The number of amides is 3. The Balaban J connectivity index is 1.85. The maximum atomic E-state index is 12.6. The zero-order valence-electron chi connectivity index (χ0n) is 13.2. The molecule has 1 aliphatic rings. The predicted molar refractivity (Wildman–Crippen MR) is 103 cm³/mol. The fourth-order valence-electron chi connectivity index (χ4n) is 2.54. The molecule has 3 amide bonds. The Morgan fingerprint density at radius 3 is 2.04 bits per heavy atom. The Labute approximate surface area is 173 Å². The van der Waals surface area contributed by atoms with Crippen molar-refractivity contribution in [2.24, 2.45) is 0 Å². The third-order valence-corrected chi connectivity index (χ3v) is 6.44. The molecule has 10 heteroatoms. The van der Waals surface area contributed by atoms with Crippen molar-refractivity contribution in [2.45, 2.75) is 6.54 Å². The highest BCUT2D eigenvalue weighted by Gasteiger charge is 2.42. The number of benzene rings is 1. The molecule has 2 heterocycles. The first kappa shape index (κ1) is 19.5. The van der Waals surface area contributed by atoms with E-state index in [-0.39, 0.29) is 31.2 Å². The van der Waals surface area contributed by atoms with E-state index in [1.54, 1.807) is 7.05 Å². The second-order valence-electron chi connectivity index (χ2n) is 5.58. The highest BCUT2D eigenvalue weighted by Crippen LogP contribution is 2.44. The Morgan fingerprint density at radius 2 is 1.58 bits per heavy atom. The third kappa shape index (κ3) is 3.21. The molecule has 0 atom stereocenters. The molecular weight excluding hydrogens is 442 g/mol. The number of hydrogen-bond donors (Lipinski definition) is 0. The SMILES string of the molecule is CN(Cc1ccsc1)C(=O)CN1C(=O)c2c(Cl)c(Cl)c(Cl)c(Cl)c2C1=O. The molecule has 0 spiro atoms. The van der Waals surface area contributed by atoms with Gasteiger partial charge in [0.2, 0.25) is 5.91 Å². The van der Waals surface area contributed by atoms with E-state index in [0.717, 1.165) is 10.5 Å². The van der Waals surface area contributed by atoms with Gasteiger partial charge in [-0.25, -0.2) is 0 Å². The summed E-state index contributed by atoms with van der Waals surface area (Å²) in [7, 11) is 1.59. The summed E-state index contributed by atoms with van der Waals surface area (Å²) < 4.78 is 0. The molecule has 0 N–H and O–H groups in total. The number of nitrogens with zero attached hydrogens (tertiary/aromatic N) is 2. The molecule has 0 bridgehead atoms. The number of likely N-dealkylation sites (N-methyl/N-ethyl adjacent to an activating group) is 1. The second kappa shape index (κ2) is 7.37. The molecule has 0 saturated carbocycles. The van der Waals surface area contributed by atoms with Crippen molar-refractivity contribution in [1.29, 1.82) is 0 Å². The molecule has 1 aromatic heterocycles. The smallest absolute Gasteiger partial charge is 0.263 e. The number of carbonyl (C=O) groups excluding carboxylic acids is 3. The monoisotopic (exact) mass is 450 g/mol. The Hall–Kier alpha value is -1.31. The largest absolute Gasteiger partial charge is 0.340 e. The Bertz CT molecular complexity index is 883. The van der Waals surface area contributed by atoms with Crippen molar-refractivity contribution < 1.29 is 14.4 Å². The number of carbonyl (C=O) groups is 3. The lowest BCUT2D eigenvalue weighted by Crippen LogP contribution is -2.40. The molecule has 0 radical (unpaired) electrons. The molecule has 26 heavy (non-hydrogen) atoms. The number of halogens is 4. The van der Waals surface area contributed by atoms with Crippen molar-refractivity contribution >= 4 is 75.5 Å². The molecule has 5 nitrogen and oxygen atoms in total. The van der Waals surface area contributed by atoms with Crippen LogP contribution in [0.25, 0.3) is 0 Å². The minimum atomic E-state index is -0.729. The van der Waals surface area contributed by atoms with Gasteiger partial charge in [-0.3, -0.25) is 19.3 Å². The Kier molecular flexibility index (Phi) is 5.51. The van der Waals surface area contributed by atoms with Crippen molar-refractivity contribution in [2.75, 3.05) is 13.6 Å². The summed E-state index contributed by atoms with van der Waals surface area (Å²) in [6, 6.07) is 1.89. The lowest BCUT2D eigenvalue weighted by atomic mass is 10.1. The highest BCUT2D eigenvalue weighted by molar-refractivity contribution is 7.07. The van der Waals surface area contributed by atoms with Crippen LogP contribution in [0.15, 0.2) is 16.8 Å². The fraction of sp³-hybridized carbons (Fsp3) is 0.188. The number of imide groups is 1. The van der Waals surface area contributed by atoms with E-state index in [9.17, 15) is 14.4 Å². The molecule has 2 aromatic rings. The van der Waals surface area contributed by atoms with E-state index < -0.39 is 24.3 Å². The lowest BCUT2D eigenvalue weighted by Gasteiger charge is -2.20. The summed E-state index contributed by atoms with van der Waals surface area (Å²) in [4.78, 5) is 39.9. The fourth-order valence-corrected chi connectivity index (χ4v) is 4.21. The van der Waals surface area contributed by atoms with Crippen LogP contribution in [0.2, 0.25) is 20.1 Å². The van der Waals surface area contributed by atoms with Crippen LogP contribution in [-0.2, 0) is 11.3 Å². The maximum Gasteiger partial charge on any atom is 0.263 e. The lowest BCUT2D eigenvalue weighted by molar-refractivity contribution is -0.130. The summed E-state index contributed by atoms with van der Waals surface area (Å²) in [5.74, 6) is -1.87. The number of fused-ring (bicyclic) bond motifs is 1. The highest BCUT2D eigenvalue weighted by atomic mass is 35.5. The average Bonchev–Trinajstić information content (AvgIpc) is 3.19. The van der Waals surface area contributed by atoms with Gasteiger partial charge in [0.25, 0.3) is 11.8 Å². The van der Waals surface area contributed by atoms with Crippen LogP contribution in [-0.4, -0.2) is 41.1 Å². The maximum absolute atomic E-state index is 12.6. The van der Waals surface area contributed by atoms with Crippen molar-refractivity contribution in [3.63, 3.8) is 0 Å². The van der Waals surface area contributed by atoms with E-state index in [1.807, 2.05) is 16.8 Å². The van der Waals surface area contributed by atoms with Gasteiger partial charge in [0.15, 0.2) is 0 Å². The zero-order valence-corrected chi connectivity index (χ0v) is 17.0. The van der Waals surface area contributed by atoms with Gasteiger partial charge in [-0.15, -0.1) is 0 Å². The molecule has 1 aliphatic heterocycles. The standard InChI is InChI=1S/C16H10Cl4N2O3S/c1-21(4-7-2-3-26-6-7)8(23)5-22-15(24)9-10(16(22)25)12(18)14(20)13(19)11(9)17/h2-3,6H,4-5H2,1H3. The summed E-state index contributed by atoms with van der Waals surface area (Å²) in [5, 5.41) is 3.28. The second-order valence-corrected chi connectivity index (χ2v) is 7.88. The number of hydrogen-bond acceptors (Lipinski definition) is 4. The molecule has 1 aromatic carbocycles. The van der Waals surface area contributed by atoms with Gasteiger partial charge in [-0.2, -0.15) is 11.3 Å². The number of thiophene rings is 1. The van der Waals surface area contributed by atoms with E-state index in [0.29, 0.717) is 6.54 Å². The molecule has 0 saturated heterocycles. The van der Waals surface area contributed by atoms with Crippen LogP contribution in [0.4, 0.5) is 0 Å². The van der Waals surface area contributed by atoms with E-state index >= 15 is 0 Å². The summed E-state index contributed by atoms with van der Waals surface area (Å²) >= 11 is 25.6. The van der Waals surface area contributed by atoms with Gasteiger partial charge in [0, 0.05) is 13.6 Å². The summed E-state index contributed by atoms with van der Waals surface area (Å²) in [6.07, 6.45) is 0. The third-order valence-electron chi connectivity index (χ3n) is 3.90. The molecule has 0 fully saturated rings. The topological polar surface area (TPSA) is 57.7 Å². The average molecular weight is 452 g/mol. The predicted octanol–water partition coefficient (Wildman–Crippen LogP) is 4.62. The summed E-state index contributed by atoms with van der Waals surface area (Å²) in [6.45, 7) is -0.0699. The van der Waals surface area contributed by atoms with Gasteiger partial charge in [-0.1, -0.05) is 46.4 Å². The van der Waals surface area contributed by atoms with Gasteiger partial charge < -0.3 is 4.90 Å². The molecule has 0 aliphatic carbocycles. The quantitative estimate of drug-likeness (QED) is 0.387. The minimum absolute atomic E-state index is 0.110. The van der Waals surface area contributed by atoms with E-state index in [1.165, 1.54) is 16.2 Å². The van der Waals surface area contributed by atoms with Crippen LogP contribution in [0, 0.1) is 0 Å². The van der Waals surface area contributed by atoms with Crippen LogP contribution >= 0.6 is 57.7 Å². The molecule has 136 valence electrons. The molecule has 3 rings (SSSR count). The van der Waals surface area contributed by atoms with Crippen LogP contribution in [0.5, 0.6) is 0 Å². The van der Waals surface area contributed by atoms with Gasteiger partial charge in [0.05, 0.1) is 31.2 Å². The first-order valence-electron chi connectivity index (χ1n) is 7.21. The van der Waals surface area contributed by atoms with Crippen LogP contribution < -0.4 is 0 Å². The minimum Gasteiger partial charge on any atom is -0.340 e. The van der Waals surface area contributed by atoms with Crippen molar-refractivity contribution in [3.05, 3.63) is 53.6 Å². The van der Waals surface area contributed by atoms with Gasteiger partial charge in [-0.05, 0) is 22.4 Å². The first-order valence-corrected chi connectivity index (χ1v) is 9.66. The van der Waals surface area contributed by atoms with Crippen molar-refractivity contribution in [1.82, 2.24) is 9.80 Å². The van der Waals surface area contributed by atoms with Gasteiger partial charge >= 0.3 is 0 Å². The Morgan fingerprint density at radius 1 is 1.04 bits per heavy atom.